The number of nitrogens with zero attached hydrogens (tertiary/aromatic N) is 2. The van der Waals surface area contributed by atoms with Crippen LogP contribution in [0.25, 0.3) is 0 Å². The Morgan fingerprint density at radius 1 is 1.20 bits per heavy atom. The zero-order chi connectivity index (χ0) is 14.0. The Labute approximate surface area is 123 Å². The predicted octanol–water partition coefficient (Wildman–Crippen LogP) is 2.92. The van der Waals surface area contributed by atoms with Gasteiger partial charge >= 0.3 is 0 Å². The molecule has 1 heterocycles. The molecule has 0 aromatic carbocycles. The fourth-order valence-corrected chi connectivity index (χ4v) is 5.16. The summed E-state index contributed by atoms with van der Waals surface area (Å²) in [7, 11) is 1.97. The lowest BCUT2D eigenvalue weighted by Crippen LogP contribution is -2.47. The van der Waals surface area contributed by atoms with Gasteiger partial charge in [-0.3, -0.25) is 0 Å². The van der Waals surface area contributed by atoms with E-state index in [1.165, 1.54) is 64.5 Å². The van der Waals surface area contributed by atoms with Gasteiger partial charge in [0, 0.05) is 6.04 Å². The Morgan fingerprint density at radius 2 is 2.05 bits per heavy atom. The smallest absolute Gasteiger partial charge is 0.109 e. The summed E-state index contributed by atoms with van der Waals surface area (Å²) in [5.41, 5.74) is -0.231. The molecule has 1 aliphatic heterocycles. The van der Waals surface area contributed by atoms with Crippen molar-refractivity contribution in [1.82, 2.24) is 10.2 Å². The molecule has 4 atom stereocenters. The molecule has 1 saturated heterocycles. The maximum Gasteiger partial charge on any atom is 0.109 e. The standard InChI is InChI=1S/C17H29N3/c1-19-17(13-18)10-3-7-15(17)9-12-20-11-4-6-14-5-2-8-16(14)20/h14-16,19H,2-12H2,1H3. The molecular weight excluding hydrogens is 246 g/mol. The van der Waals surface area contributed by atoms with Crippen LogP contribution in [0.4, 0.5) is 0 Å². The summed E-state index contributed by atoms with van der Waals surface area (Å²) in [5.74, 6) is 1.54. The highest BCUT2D eigenvalue weighted by molar-refractivity contribution is 5.13. The number of hydrogen-bond donors (Lipinski definition) is 1. The molecule has 4 unspecified atom stereocenters. The summed E-state index contributed by atoms with van der Waals surface area (Å²) < 4.78 is 0. The molecule has 0 radical (unpaired) electrons. The highest BCUT2D eigenvalue weighted by Crippen LogP contribution is 2.40. The molecule has 3 heteroatoms. The summed E-state index contributed by atoms with van der Waals surface area (Å²) in [4.78, 5) is 2.76. The second-order valence-corrected chi connectivity index (χ2v) is 7.15. The minimum absolute atomic E-state index is 0.231. The topological polar surface area (TPSA) is 39.1 Å². The fourth-order valence-electron chi connectivity index (χ4n) is 5.16. The van der Waals surface area contributed by atoms with Crippen LogP contribution in [0.5, 0.6) is 0 Å². The number of likely N-dealkylation sites (tertiary alicyclic amines) is 1. The van der Waals surface area contributed by atoms with Crippen molar-refractivity contribution in [3.05, 3.63) is 0 Å². The highest BCUT2D eigenvalue weighted by atomic mass is 15.2. The van der Waals surface area contributed by atoms with Crippen molar-refractivity contribution in [2.45, 2.75) is 69.4 Å². The molecule has 0 spiro atoms. The van der Waals surface area contributed by atoms with E-state index in [9.17, 15) is 5.26 Å². The average molecular weight is 275 g/mol. The number of fused-ring (bicyclic) bond motifs is 1. The van der Waals surface area contributed by atoms with Crippen LogP contribution in [-0.2, 0) is 0 Å². The molecule has 3 rings (SSSR count). The maximum absolute atomic E-state index is 9.55. The van der Waals surface area contributed by atoms with Crippen LogP contribution in [0.15, 0.2) is 0 Å². The molecule has 2 aliphatic carbocycles. The van der Waals surface area contributed by atoms with Gasteiger partial charge in [-0.1, -0.05) is 12.8 Å². The van der Waals surface area contributed by atoms with Gasteiger partial charge in [0.25, 0.3) is 0 Å². The Morgan fingerprint density at radius 3 is 2.85 bits per heavy atom. The van der Waals surface area contributed by atoms with E-state index in [2.05, 4.69) is 16.3 Å². The highest BCUT2D eigenvalue weighted by Gasteiger charge is 2.42. The van der Waals surface area contributed by atoms with Crippen molar-refractivity contribution in [2.75, 3.05) is 20.1 Å². The molecular formula is C17H29N3. The molecule has 3 nitrogen and oxygen atoms in total. The lowest BCUT2D eigenvalue weighted by atomic mass is 9.85. The van der Waals surface area contributed by atoms with Gasteiger partial charge in [-0.15, -0.1) is 0 Å². The van der Waals surface area contributed by atoms with Crippen LogP contribution in [0.1, 0.15) is 57.8 Å². The molecule has 3 aliphatic rings. The van der Waals surface area contributed by atoms with Gasteiger partial charge in [-0.25, -0.2) is 0 Å². The lowest BCUT2D eigenvalue weighted by Gasteiger charge is -2.39. The molecule has 0 bridgehead atoms. The summed E-state index contributed by atoms with van der Waals surface area (Å²) in [6, 6.07) is 3.45. The first-order chi connectivity index (χ1) is 9.79. The third-order valence-electron chi connectivity index (χ3n) is 6.34. The minimum atomic E-state index is -0.231. The van der Waals surface area contributed by atoms with Crippen molar-refractivity contribution in [3.8, 4) is 6.07 Å². The average Bonchev–Trinajstić information content (AvgIpc) is 3.12. The van der Waals surface area contributed by atoms with Gasteiger partial charge in [0.05, 0.1) is 6.07 Å². The molecule has 1 N–H and O–H groups in total. The van der Waals surface area contributed by atoms with Crippen LogP contribution in [0, 0.1) is 23.2 Å². The Hall–Kier alpha value is -0.590. The van der Waals surface area contributed by atoms with Crippen LogP contribution in [0.2, 0.25) is 0 Å². The van der Waals surface area contributed by atoms with Gasteiger partial charge in [-0.2, -0.15) is 5.26 Å². The van der Waals surface area contributed by atoms with E-state index in [0.29, 0.717) is 5.92 Å². The van der Waals surface area contributed by atoms with E-state index in [1.807, 2.05) is 7.05 Å². The molecule has 3 fully saturated rings. The second kappa shape index (κ2) is 6.03. The third kappa shape index (κ3) is 2.49. The van der Waals surface area contributed by atoms with Crippen LogP contribution >= 0.6 is 0 Å². The largest absolute Gasteiger partial charge is 0.302 e. The van der Waals surface area contributed by atoms with E-state index in [-0.39, 0.29) is 5.54 Å². The number of nitrogens with one attached hydrogen (secondary N) is 1. The lowest BCUT2D eigenvalue weighted by molar-refractivity contribution is 0.102. The van der Waals surface area contributed by atoms with Crippen LogP contribution in [0.3, 0.4) is 0 Å². The number of rotatable bonds is 4. The third-order valence-corrected chi connectivity index (χ3v) is 6.34. The molecule has 20 heavy (non-hydrogen) atoms. The van der Waals surface area contributed by atoms with Crippen molar-refractivity contribution in [1.29, 1.82) is 5.26 Å². The molecule has 0 aromatic heterocycles. The van der Waals surface area contributed by atoms with E-state index >= 15 is 0 Å². The zero-order valence-corrected chi connectivity index (χ0v) is 12.9. The van der Waals surface area contributed by atoms with Gasteiger partial charge in [-0.05, 0) is 76.9 Å². The number of nitriles is 1. The molecule has 112 valence electrons. The minimum Gasteiger partial charge on any atom is -0.302 e. The first-order valence-corrected chi connectivity index (χ1v) is 8.63. The van der Waals surface area contributed by atoms with Crippen LogP contribution < -0.4 is 5.32 Å². The molecule has 2 saturated carbocycles. The fraction of sp³-hybridized carbons (Fsp3) is 0.941. The summed E-state index contributed by atoms with van der Waals surface area (Å²) in [6.07, 6.45) is 11.9. The molecule has 0 aromatic rings. The first-order valence-electron chi connectivity index (χ1n) is 8.63. The summed E-state index contributed by atoms with van der Waals surface area (Å²) >= 11 is 0. The molecule has 0 amide bonds. The maximum atomic E-state index is 9.55. The van der Waals surface area contributed by atoms with Gasteiger partial charge in [0.1, 0.15) is 5.54 Å². The Kier molecular flexibility index (Phi) is 4.33. The Balaban J connectivity index is 1.57. The van der Waals surface area contributed by atoms with Gasteiger partial charge < -0.3 is 10.2 Å². The second-order valence-electron chi connectivity index (χ2n) is 7.15. The number of hydrogen-bond acceptors (Lipinski definition) is 3. The van der Waals surface area contributed by atoms with Crippen molar-refractivity contribution >= 4 is 0 Å². The van der Waals surface area contributed by atoms with Gasteiger partial charge in [0.2, 0.25) is 0 Å². The van der Waals surface area contributed by atoms with E-state index < -0.39 is 0 Å². The van der Waals surface area contributed by atoms with Gasteiger partial charge in [0.15, 0.2) is 0 Å². The van der Waals surface area contributed by atoms with Crippen LogP contribution in [-0.4, -0.2) is 36.6 Å². The predicted molar refractivity (Wildman–Crippen MR) is 81.3 cm³/mol. The Bertz CT molecular complexity index is 375. The van der Waals surface area contributed by atoms with Crippen molar-refractivity contribution in [2.24, 2.45) is 11.8 Å². The SMILES string of the molecule is CNC1(C#N)CCCC1CCN1CCCC2CCCC21. The van der Waals surface area contributed by atoms with E-state index in [0.717, 1.165) is 18.4 Å². The first kappa shape index (κ1) is 14.4. The summed E-state index contributed by atoms with van der Waals surface area (Å²) in [6.45, 7) is 2.52. The number of piperidine rings is 1. The van der Waals surface area contributed by atoms with E-state index in [4.69, 9.17) is 0 Å². The monoisotopic (exact) mass is 275 g/mol. The van der Waals surface area contributed by atoms with Crippen molar-refractivity contribution in [3.63, 3.8) is 0 Å². The van der Waals surface area contributed by atoms with Crippen molar-refractivity contribution < 1.29 is 0 Å². The zero-order valence-electron chi connectivity index (χ0n) is 12.9. The van der Waals surface area contributed by atoms with E-state index in [1.54, 1.807) is 0 Å². The summed E-state index contributed by atoms with van der Waals surface area (Å²) in [5, 5.41) is 12.9. The normalized spacial score (nSPS) is 41.5. The quantitative estimate of drug-likeness (QED) is 0.857.